The monoisotopic (exact) mass is 458 g/mol. The number of amides is 1. The molecule has 0 aliphatic rings. The summed E-state index contributed by atoms with van der Waals surface area (Å²) in [6.07, 6.45) is 0. The third-order valence-corrected chi connectivity index (χ3v) is 6.49. The van der Waals surface area contributed by atoms with Crippen LogP contribution in [0.1, 0.15) is 24.1 Å². The average molecular weight is 459 g/mol. The van der Waals surface area contributed by atoms with Crippen molar-refractivity contribution in [3.05, 3.63) is 95.0 Å². The maximum Gasteiger partial charge on any atom is 0.245 e. The van der Waals surface area contributed by atoms with E-state index in [0.29, 0.717) is 0 Å². The molecule has 3 aromatic carbocycles. The van der Waals surface area contributed by atoms with Crippen LogP contribution in [0, 0.1) is 0 Å². The average Bonchev–Trinajstić information content (AvgIpc) is 2.78. The van der Waals surface area contributed by atoms with Crippen LogP contribution in [0.5, 0.6) is 5.75 Å². The Morgan fingerprint density at radius 1 is 0.935 bits per heavy atom. The molecule has 0 saturated carbocycles. The summed E-state index contributed by atoms with van der Waals surface area (Å²) in [4.78, 5) is 12.8. The van der Waals surface area contributed by atoms with Gasteiger partial charge in [0.15, 0.2) is 0 Å². The Balaban J connectivity index is 1.82. The van der Waals surface area contributed by atoms with Gasteiger partial charge in [0.05, 0.1) is 19.2 Å². The molecule has 1 amide bonds. The highest BCUT2D eigenvalue weighted by atomic mass is 35.5. The van der Waals surface area contributed by atoms with Crippen LogP contribution in [0.15, 0.2) is 83.8 Å². The van der Waals surface area contributed by atoms with Gasteiger partial charge in [-0.05, 0) is 36.2 Å². The van der Waals surface area contributed by atoms with Crippen LogP contribution in [0.2, 0.25) is 5.02 Å². The Morgan fingerprint density at radius 3 is 2.00 bits per heavy atom. The Hall–Kier alpha value is -2.87. The summed E-state index contributed by atoms with van der Waals surface area (Å²) in [5.74, 6) is -0.335. The van der Waals surface area contributed by atoms with Gasteiger partial charge in [-0.1, -0.05) is 72.3 Å². The molecule has 2 N–H and O–H groups in total. The first kappa shape index (κ1) is 22.8. The molecule has 31 heavy (non-hydrogen) atoms. The molecule has 6 nitrogen and oxygen atoms in total. The number of ether oxygens (including phenoxy) is 1. The molecule has 0 heterocycles. The largest absolute Gasteiger partial charge is 0.495 e. The highest BCUT2D eigenvalue weighted by Gasteiger charge is 2.27. The van der Waals surface area contributed by atoms with Gasteiger partial charge in [-0.25, -0.2) is 8.42 Å². The number of hydrogen-bond acceptors (Lipinski definition) is 4. The molecule has 0 spiro atoms. The normalized spacial score (nSPS) is 12.4. The molecule has 0 unspecified atom stereocenters. The lowest BCUT2D eigenvalue weighted by Crippen LogP contribution is -2.46. The number of methoxy groups -OCH3 is 1. The SMILES string of the molecule is COc1ccc(Cl)cc1S(=O)(=O)N[C@@H](C)C(=O)NC(c1ccccc1)c1ccccc1. The second kappa shape index (κ2) is 9.96. The smallest absolute Gasteiger partial charge is 0.245 e. The van der Waals surface area contributed by atoms with Crippen LogP contribution in [0.25, 0.3) is 0 Å². The Bertz CT molecular complexity index is 1100. The number of nitrogens with one attached hydrogen (secondary N) is 2. The second-order valence-electron chi connectivity index (χ2n) is 6.90. The molecule has 0 fully saturated rings. The lowest BCUT2D eigenvalue weighted by molar-refractivity contribution is -0.122. The topological polar surface area (TPSA) is 84.5 Å². The summed E-state index contributed by atoms with van der Waals surface area (Å²) in [7, 11) is -2.69. The number of sulfonamides is 1. The van der Waals surface area contributed by atoms with Crippen LogP contribution in [0.4, 0.5) is 0 Å². The van der Waals surface area contributed by atoms with Crippen LogP contribution < -0.4 is 14.8 Å². The zero-order valence-corrected chi connectivity index (χ0v) is 18.7. The van der Waals surface area contributed by atoms with Crippen molar-refractivity contribution in [2.75, 3.05) is 7.11 Å². The first-order valence-corrected chi connectivity index (χ1v) is 11.4. The van der Waals surface area contributed by atoms with Crippen LogP contribution in [0.3, 0.4) is 0 Å². The van der Waals surface area contributed by atoms with Gasteiger partial charge in [0.2, 0.25) is 15.9 Å². The molecule has 162 valence electrons. The molecule has 0 saturated heterocycles. The van der Waals surface area contributed by atoms with Gasteiger partial charge in [-0.3, -0.25) is 4.79 Å². The molecule has 0 aliphatic heterocycles. The predicted molar refractivity (Wildman–Crippen MR) is 121 cm³/mol. The maximum absolute atomic E-state index is 12.9. The predicted octanol–water partition coefficient (Wildman–Crippen LogP) is 3.92. The zero-order valence-electron chi connectivity index (χ0n) is 17.1. The van der Waals surface area contributed by atoms with Crippen LogP contribution >= 0.6 is 11.6 Å². The number of carbonyl (C=O) groups is 1. The lowest BCUT2D eigenvalue weighted by Gasteiger charge is -2.23. The number of benzene rings is 3. The summed E-state index contributed by atoms with van der Waals surface area (Å²) >= 11 is 5.96. The summed E-state index contributed by atoms with van der Waals surface area (Å²) in [6, 6.07) is 21.7. The van der Waals surface area contributed by atoms with E-state index in [0.717, 1.165) is 11.1 Å². The van der Waals surface area contributed by atoms with Crippen molar-refractivity contribution in [1.82, 2.24) is 10.0 Å². The van der Waals surface area contributed by atoms with E-state index in [9.17, 15) is 13.2 Å². The molecule has 0 bridgehead atoms. The number of rotatable bonds is 8. The molecule has 0 radical (unpaired) electrons. The van der Waals surface area contributed by atoms with Crippen LogP contribution in [-0.4, -0.2) is 27.5 Å². The summed E-state index contributed by atoms with van der Waals surface area (Å²) in [5.41, 5.74) is 1.77. The quantitative estimate of drug-likeness (QED) is 0.535. The fourth-order valence-electron chi connectivity index (χ4n) is 3.13. The van der Waals surface area contributed by atoms with E-state index in [2.05, 4.69) is 10.0 Å². The molecular formula is C23H23ClN2O4S. The van der Waals surface area contributed by atoms with Crippen LogP contribution in [-0.2, 0) is 14.8 Å². The third kappa shape index (κ3) is 5.64. The highest BCUT2D eigenvalue weighted by Crippen LogP contribution is 2.27. The van der Waals surface area contributed by atoms with Gasteiger partial charge >= 0.3 is 0 Å². The van der Waals surface area contributed by atoms with Crippen molar-refractivity contribution in [3.8, 4) is 5.75 Å². The Kier molecular flexibility index (Phi) is 7.33. The van der Waals surface area contributed by atoms with Gasteiger partial charge in [0.1, 0.15) is 10.6 Å². The van der Waals surface area contributed by atoms with E-state index in [4.69, 9.17) is 16.3 Å². The number of hydrogen-bond donors (Lipinski definition) is 2. The first-order chi connectivity index (χ1) is 14.8. The summed E-state index contributed by atoms with van der Waals surface area (Å²) in [5, 5.41) is 3.18. The fraction of sp³-hybridized carbons (Fsp3) is 0.174. The van der Waals surface area contributed by atoms with Crippen molar-refractivity contribution < 1.29 is 17.9 Å². The Labute approximate surface area is 187 Å². The minimum atomic E-state index is -4.06. The van der Waals surface area contributed by atoms with Crippen molar-refractivity contribution in [1.29, 1.82) is 0 Å². The van der Waals surface area contributed by atoms with Crippen molar-refractivity contribution >= 4 is 27.5 Å². The fourth-order valence-corrected chi connectivity index (χ4v) is 4.76. The van der Waals surface area contributed by atoms with Gasteiger partial charge < -0.3 is 10.1 Å². The molecule has 1 atom stereocenters. The first-order valence-electron chi connectivity index (χ1n) is 9.58. The molecule has 8 heteroatoms. The van der Waals surface area contributed by atoms with E-state index in [1.165, 1.54) is 32.2 Å². The van der Waals surface area contributed by atoms with E-state index >= 15 is 0 Å². The van der Waals surface area contributed by atoms with E-state index < -0.39 is 28.0 Å². The summed E-state index contributed by atoms with van der Waals surface area (Å²) < 4.78 is 33.3. The molecular weight excluding hydrogens is 436 g/mol. The lowest BCUT2D eigenvalue weighted by atomic mass is 9.98. The molecule has 0 aromatic heterocycles. The highest BCUT2D eigenvalue weighted by molar-refractivity contribution is 7.89. The zero-order chi connectivity index (χ0) is 22.4. The standard InChI is InChI=1S/C23H23ClN2O4S/c1-16(26-31(28,29)21-15-19(24)13-14-20(21)30-2)23(27)25-22(17-9-5-3-6-10-17)18-11-7-4-8-12-18/h3-16,22,26H,1-2H3,(H,25,27)/t16-/m0/s1. The molecule has 0 aliphatic carbocycles. The van der Waals surface area contributed by atoms with Gasteiger partial charge in [0.25, 0.3) is 0 Å². The van der Waals surface area contributed by atoms with Crippen molar-refractivity contribution in [2.45, 2.75) is 23.9 Å². The van der Waals surface area contributed by atoms with E-state index in [-0.39, 0.29) is 15.7 Å². The van der Waals surface area contributed by atoms with E-state index in [1.54, 1.807) is 0 Å². The number of carbonyl (C=O) groups excluding carboxylic acids is 1. The Morgan fingerprint density at radius 2 is 1.48 bits per heavy atom. The second-order valence-corrected chi connectivity index (χ2v) is 9.02. The van der Waals surface area contributed by atoms with Gasteiger partial charge in [0, 0.05) is 5.02 Å². The molecule has 3 rings (SSSR count). The number of halogens is 1. The van der Waals surface area contributed by atoms with Gasteiger partial charge in [-0.15, -0.1) is 0 Å². The van der Waals surface area contributed by atoms with Gasteiger partial charge in [-0.2, -0.15) is 4.72 Å². The minimum Gasteiger partial charge on any atom is -0.495 e. The molecule has 3 aromatic rings. The van der Waals surface area contributed by atoms with Crippen molar-refractivity contribution in [2.24, 2.45) is 0 Å². The maximum atomic E-state index is 12.9. The van der Waals surface area contributed by atoms with Crippen molar-refractivity contribution in [3.63, 3.8) is 0 Å². The third-order valence-electron chi connectivity index (χ3n) is 4.69. The van der Waals surface area contributed by atoms with E-state index in [1.807, 2.05) is 60.7 Å². The summed E-state index contributed by atoms with van der Waals surface area (Å²) in [6.45, 7) is 1.48. The minimum absolute atomic E-state index is 0.134.